The standard InChI is InChI=1S/C29H28Br2N2O7S/c1-6-8-21-24(28(36)39-7-2)25(19-14-18(37-4)9-10-22(19)38-5)33-27(35)23(41-29(33)32-21)12-16-11-17(30)13-20(31)26(16)40-15(3)34/h9-14,25H,6-8H2,1-5H3/b23-12-/t25-/m0/s1. The number of fused-ring (bicyclic) bond motifs is 1. The van der Waals surface area contributed by atoms with Crippen LogP contribution in [0.5, 0.6) is 17.2 Å². The molecule has 41 heavy (non-hydrogen) atoms. The van der Waals surface area contributed by atoms with Crippen LogP contribution in [0.15, 0.2) is 60.3 Å². The molecule has 0 saturated carbocycles. The number of ether oxygens (including phenoxy) is 4. The summed E-state index contributed by atoms with van der Waals surface area (Å²) < 4.78 is 25.1. The van der Waals surface area contributed by atoms with Crippen LogP contribution in [-0.2, 0) is 14.3 Å². The summed E-state index contributed by atoms with van der Waals surface area (Å²) in [5.74, 6) is 0.217. The summed E-state index contributed by atoms with van der Waals surface area (Å²) in [6.45, 7) is 5.18. The monoisotopic (exact) mass is 706 g/mol. The lowest BCUT2D eigenvalue weighted by molar-refractivity contribution is -0.139. The Morgan fingerprint density at radius 3 is 2.51 bits per heavy atom. The molecule has 3 aromatic rings. The van der Waals surface area contributed by atoms with Gasteiger partial charge in [0.05, 0.1) is 41.1 Å². The van der Waals surface area contributed by atoms with E-state index in [2.05, 4.69) is 31.9 Å². The third-order valence-electron chi connectivity index (χ3n) is 6.19. The minimum atomic E-state index is -0.888. The van der Waals surface area contributed by atoms with Crippen molar-refractivity contribution in [1.82, 2.24) is 4.57 Å². The second-order valence-corrected chi connectivity index (χ2v) is 11.7. The SMILES string of the molecule is CCCC1=C(C(=O)OCC)[C@H](c2cc(OC)ccc2OC)n2c(s/c(=C\c3cc(Br)cc(Br)c3OC(C)=O)c2=O)=N1. The fourth-order valence-electron chi connectivity index (χ4n) is 4.55. The molecule has 4 rings (SSSR count). The highest BCUT2D eigenvalue weighted by Crippen LogP contribution is 2.39. The van der Waals surface area contributed by atoms with Gasteiger partial charge in [0.25, 0.3) is 5.56 Å². The molecule has 12 heteroatoms. The van der Waals surface area contributed by atoms with E-state index in [0.29, 0.717) is 53.0 Å². The van der Waals surface area contributed by atoms with Crippen molar-refractivity contribution in [2.75, 3.05) is 20.8 Å². The summed E-state index contributed by atoms with van der Waals surface area (Å²) in [4.78, 5) is 44.7. The normalized spacial score (nSPS) is 14.8. The number of benzene rings is 2. The van der Waals surface area contributed by atoms with Crippen molar-refractivity contribution in [3.63, 3.8) is 0 Å². The lowest BCUT2D eigenvalue weighted by Gasteiger charge is -2.27. The molecular weight excluding hydrogens is 680 g/mol. The summed E-state index contributed by atoms with van der Waals surface area (Å²) in [5, 5.41) is 0. The highest BCUT2D eigenvalue weighted by molar-refractivity contribution is 9.11. The Bertz CT molecular complexity index is 1730. The van der Waals surface area contributed by atoms with Crippen LogP contribution in [0.3, 0.4) is 0 Å². The van der Waals surface area contributed by atoms with Crippen molar-refractivity contribution in [3.8, 4) is 17.2 Å². The first-order valence-electron chi connectivity index (χ1n) is 12.7. The number of thiazole rings is 1. The topological polar surface area (TPSA) is 105 Å². The largest absolute Gasteiger partial charge is 0.497 e. The van der Waals surface area contributed by atoms with Crippen LogP contribution in [0.2, 0.25) is 0 Å². The van der Waals surface area contributed by atoms with Crippen LogP contribution < -0.4 is 29.1 Å². The molecule has 2 heterocycles. The smallest absolute Gasteiger partial charge is 0.338 e. The first-order chi connectivity index (χ1) is 19.6. The molecule has 1 atom stereocenters. The maximum absolute atomic E-state index is 14.2. The summed E-state index contributed by atoms with van der Waals surface area (Å²) in [6.07, 6.45) is 2.86. The maximum Gasteiger partial charge on any atom is 0.338 e. The van der Waals surface area contributed by atoms with Gasteiger partial charge in [-0.05, 0) is 65.7 Å². The molecule has 1 aliphatic rings. The highest BCUT2D eigenvalue weighted by Gasteiger charge is 2.36. The van der Waals surface area contributed by atoms with Crippen LogP contribution in [0.1, 0.15) is 50.8 Å². The molecule has 0 radical (unpaired) electrons. The number of halogens is 2. The van der Waals surface area contributed by atoms with Gasteiger partial charge in [0.1, 0.15) is 17.5 Å². The number of hydrogen-bond donors (Lipinski definition) is 0. The summed E-state index contributed by atoms with van der Waals surface area (Å²) in [7, 11) is 3.07. The average Bonchev–Trinajstić information content (AvgIpc) is 3.23. The van der Waals surface area contributed by atoms with E-state index in [1.54, 1.807) is 50.4 Å². The van der Waals surface area contributed by atoms with E-state index < -0.39 is 18.0 Å². The molecule has 0 fully saturated rings. The van der Waals surface area contributed by atoms with Gasteiger partial charge in [-0.1, -0.05) is 40.6 Å². The van der Waals surface area contributed by atoms with Gasteiger partial charge in [-0.25, -0.2) is 9.79 Å². The van der Waals surface area contributed by atoms with E-state index in [4.69, 9.17) is 23.9 Å². The number of allylic oxidation sites excluding steroid dienone is 1. The number of rotatable bonds is 9. The van der Waals surface area contributed by atoms with E-state index in [-0.39, 0.29) is 23.5 Å². The number of esters is 2. The van der Waals surface area contributed by atoms with Gasteiger partial charge in [0.15, 0.2) is 10.6 Å². The Morgan fingerprint density at radius 1 is 1.12 bits per heavy atom. The molecule has 0 unspecified atom stereocenters. The van der Waals surface area contributed by atoms with Gasteiger partial charge < -0.3 is 18.9 Å². The van der Waals surface area contributed by atoms with E-state index in [9.17, 15) is 14.4 Å². The highest BCUT2D eigenvalue weighted by atomic mass is 79.9. The lowest BCUT2D eigenvalue weighted by atomic mass is 9.93. The Hall–Kier alpha value is -3.22. The summed E-state index contributed by atoms with van der Waals surface area (Å²) in [6, 6.07) is 7.83. The van der Waals surface area contributed by atoms with Crippen LogP contribution in [0.4, 0.5) is 0 Å². The zero-order valence-electron chi connectivity index (χ0n) is 23.1. The van der Waals surface area contributed by atoms with Crippen molar-refractivity contribution in [1.29, 1.82) is 0 Å². The van der Waals surface area contributed by atoms with Crippen molar-refractivity contribution in [2.24, 2.45) is 4.99 Å². The van der Waals surface area contributed by atoms with Crippen molar-refractivity contribution < 1.29 is 28.5 Å². The molecule has 0 saturated heterocycles. The zero-order valence-corrected chi connectivity index (χ0v) is 27.1. The molecule has 0 aliphatic carbocycles. The van der Waals surface area contributed by atoms with Crippen LogP contribution in [0.25, 0.3) is 6.08 Å². The second kappa shape index (κ2) is 13.2. The van der Waals surface area contributed by atoms with E-state index in [1.807, 2.05) is 6.92 Å². The number of aromatic nitrogens is 1. The minimum absolute atomic E-state index is 0.158. The van der Waals surface area contributed by atoms with Crippen molar-refractivity contribution in [3.05, 3.63) is 81.4 Å². The Labute approximate surface area is 257 Å². The number of carbonyl (C=O) groups is 2. The first kappa shape index (κ1) is 30.7. The Balaban J connectivity index is 2.08. The molecule has 1 aromatic heterocycles. The second-order valence-electron chi connectivity index (χ2n) is 8.92. The number of nitrogens with zero attached hydrogens (tertiary/aromatic N) is 2. The number of carbonyl (C=O) groups excluding carboxylic acids is 2. The third-order valence-corrected chi connectivity index (χ3v) is 8.22. The van der Waals surface area contributed by atoms with Crippen LogP contribution in [-0.4, -0.2) is 37.3 Å². The molecule has 0 amide bonds. The van der Waals surface area contributed by atoms with Gasteiger partial charge in [-0.2, -0.15) is 0 Å². The molecule has 2 aromatic carbocycles. The first-order valence-corrected chi connectivity index (χ1v) is 15.1. The van der Waals surface area contributed by atoms with E-state index in [1.165, 1.54) is 29.9 Å². The van der Waals surface area contributed by atoms with Gasteiger partial charge in [0.2, 0.25) is 0 Å². The zero-order chi connectivity index (χ0) is 29.8. The van der Waals surface area contributed by atoms with Crippen LogP contribution in [0, 0.1) is 0 Å². The van der Waals surface area contributed by atoms with Crippen LogP contribution >= 0.6 is 43.2 Å². The van der Waals surface area contributed by atoms with Gasteiger partial charge in [0, 0.05) is 22.5 Å². The van der Waals surface area contributed by atoms with Gasteiger partial charge >= 0.3 is 11.9 Å². The van der Waals surface area contributed by atoms with Gasteiger partial charge in [-0.3, -0.25) is 14.2 Å². The lowest BCUT2D eigenvalue weighted by Crippen LogP contribution is -2.40. The molecule has 9 nitrogen and oxygen atoms in total. The Morgan fingerprint density at radius 2 is 1.88 bits per heavy atom. The molecule has 216 valence electrons. The fraction of sp³-hybridized carbons (Fsp3) is 0.310. The summed E-state index contributed by atoms with van der Waals surface area (Å²) in [5.41, 5.74) is 1.48. The summed E-state index contributed by atoms with van der Waals surface area (Å²) >= 11 is 8.08. The fourth-order valence-corrected chi connectivity index (χ4v) is 6.90. The number of methoxy groups -OCH3 is 2. The van der Waals surface area contributed by atoms with E-state index >= 15 is 0 Å². The number of hydrogen-bond acceptors (Lipinski definition) is 9. The minimum Gasteiger partial charge on any atom is -0.497 e. The van der Waals surface area contributed by atoms with Crippen molar-refractivity contribution >= 4 is 61.2 Å². The third kappa shape index (κ3) is 6.34. The molecule has 0 bridgehead atoms. The maximum atomic E-state index is 14.2. The van der Waals surface area contributed by atoms with Crippen molar-refractivity contribution in [2.45, 2.75) is 39.7 Å². The predicted molar refractivity (Wildman–Crippen MR) is 162 cm³/mol. The molecule has 0 N–H and O–H groups in total. The average molecular weight is 708 g/mol. The molecule has 1 aliphatic heterocycles. The predicted octanol–water partition coefficient (Wildman–Crippen LogP) is 5.05. The quantitative estimate of drug-likeness (QED) is 0.227. The molecule has 0 spiro atoms. The molecular formula is C29H28Br2N2O7S. The Kier molecular flexibility index (Phi) is 9.88. The van der Waals surface area contributed by atoms with Gasteiger partial charge in [-0.15, -0.1) is 0 Å². The van der Waals surface area contributed by atoms with E-state index in [0.717, 1.165) is 6.42 Å².